The maximum atomic E-state index is 10.2. The van der Waals surface area contributed by atoms with Gasteiger partial charge in [0.1, 0.15) is 24.6 Å². The average Bonchev–Trinajstić information content (AvgIpc) is 3.14. The molecule has 3 heterocycles. The zero-order valence-electron chi connectivity index (χ0n) is 13.2. The lowest BCUT2D eigenvalue weighted by molar-refractivity contribution is -0.0511. The number of nitrogens with one attached hydrogen (secondary N) is 1. The highest BCUT2D eigenvalue weighted by Gasteiger charge is 2.44. The van der Waals surface area contributed by atoms with Crippen LogP contribution >= 0.6 is 11.9 Å². The SMILES string of the molecule is CCCCSNc1ncnc2c1ncn2[C@@H]1O[C@H](CO)[C@@H](O)[C@H]1O. The number of hydrogen-bond acceptors (Lipinski definition) is 9. The second-order valence-electron chi connectivity index (χ2n) is 5.58. The van der Waals surface area contributed by atoms with Crippen LogP contribution in [-0.4, -0.2) is 65.5 Å². The molecule has 4 N–H and O–H groups in total. The molecule has 0 saturated carbocycles. The number of ether oxygens (including phenoxy) is 1. The van der Waals surface area contributed by atoms with E-state index in [0.717, 1.165) is 18.6 Å². The first-order valence-corrected chi connectivity index (χ1v) is 8.83. The molecule has 1 fully saturated rings. The number of aromatic nitrogens is 4. The van der Waals surface area contributed by atoms with Crippen LogP contribution in [0.5, 0.6) is 0 Å². The second kappa shape index (κ2) is 7.62. The molecule has 0 aromatic carbocycles. The van der Waals surface area contributed by atoms with Crippen molar-refractivity contribution in [3.8, 4) is 0 Å². The second-order valence-corrected chi connectivity index (χ2v) is 6.48. The summed E-state index contributed by atoms with van der Waals surface area (Å²) >= 11 is 1.55. The Morgan fingerprint density at radius 3 is 2.83 bits per heavy atom. The first-order valence-electron chi connectivity index (χ1n) is 7.85. The number of rotatable bonds is 7. The van der Waals surface area contributed by atoms with E-state index in [4.69, 9.17) is 4.74 Å². The lowest BCUT2D eigenvalue weighted by Crippen LogP contribution is -2.33. The van der Waals surface area contributed by atoms with Gasteiger partial charge in [-0.25, -0.2) is 15.0 Å². The van der Waals surface area contributed by atoms with Crippen molar-refractivity contribution in [3.63, 3.8) is 0 Å². The van der Waals surface area contributed by atoms with E-state index in [-0.39, 0.29) is 6.61 Å². The van der Waals surface area contributed by atoms with Crippen molar-refractivity contribution in [1.29, 1.82) is 0 Å². The third kappa shape index (κ3) is 3.20. The van der Waals surface area contributed by atoms with Crippen molar-refractivity contribution in [2.75, 3.05) is 17.1 Å². The van der Waals surface area contributed by atoms with E-state index < -0.39 is 24.5 Å². The van der Waals surface area contributed by atoms with Gasteiger partial charge in [-0.2, -0.15) is 0 Å². The standard InChI is InChI=1S/C14H21N5O4S/c1-2-3-4-24-18-12-9-13(16-6-15-12)19(7-17-9)14-11(22)10(21)8(5-20)23-14/h6-8,10-11,14,20-22H,2-5H2,1H3,(H,15,16,18)/t8-,10-,11-,14-/m1/s1. The van der Waals surface area contributed by atoms with Gasteiger partial charge >= 0.3 is 0 Å². The minimum absolute atomic E-state index is 0.378. The van der Waals surface area contributed by atoms with E-state index in [0.29, 0.717) is 17.0 Å². The van der Waals surface area contributed by atoms with Crippen molar-refractivity contribution in [2.45, 2.75) is 44.3 Å². The van der Waals surface area contributed by atoms with Crippen LogP contribution in [0.25, 0.3) is 11.2 Å². The number of nitrogens with zero attached hydrogens (tertiary/aromatic N) is 4. The summed E-state index contributed by atoms with van der Waals surface area (Å²) in [5.41, 5.74) is 1.04. The van der Waals surface area contributed by atoms with Gasteiger partial charge in [0.05, 0.1) is 12.9 Å². The monoisotopic (exact) mass is 355 g/mol. The molecule has 0 unspecified atom stereocenters. The van der Waals surface area contributed by atoms with Crippen molar-refractivity contribution in [2.24, 2.45) is 0 Å². The van der Waals surface area contributed by atoms with Crippen molar-refractivity contribution in [1.82, 2.24) is 19.5 Å². The number of aliphatic hydroxyl groups excluding tert-OH is 3. The predicted octanol–water partition coefficient (Wildman–Crippen LogP) is 0.298. The van der Waals surface area contributed by atoms with Gasteiger partial charge < -0.3 is 24.8 Å². The van der Waals surface area contributed by atoms with Crippen LogP contribution in [0.2, 0.25) is 0 Å². The zero-order valence-corrected chi connectivity index (χ0v) is 14.1. The Labute approximate surface area is 143 Å². The predicted molar refractivity (Wildman–Crippen MR) is 89.3 cm³/mol. The summed E-state index contributed by atoms with van der Waals surface area (Å²) in [6, 6.07) is 0. The molecule has 0 radical (unpaired) electrons. The highest BCUT2D eigenvalue weighted by molar-refractivity contribution is 8.00. The zero-order chi connectivity index (χ0) is 17.1. The number of aliphatic hydroxyl groups is 3. The Balaban J connectivity index is 1.83. The first-order chi connectivity index (χ1) is 11.7. The summed E-state index contributed by atoms with van der Waals surface area (Å²) < 4.78 is 10.2. The lowest BCUT2D eigenvalue weighted by Gasteiger charge is -2.16. The van der Waals surface area contributed by atoms with Crippen LogP contribution in [0.1, 0.15) is 26.0 Å². The first kappa shape index (κ1) is 17.4. The molecule has 1 saturated heterocycles. The van der Waals surface area contributed by atoms with E-state index in [1.807, 2.05) is 0 Å². The van der Waals surface area contributed by atoms with Crippen molar-refractivity contribution >= 4 is 28.9 Å². The molecule has 10 heteroatoms. The molecular weight excluding hydrogens is 334 g/mol. The molecule has 1 aliphatic rings. The molecule has 0 bridgehead atoms. The lowest BCUT2D eigenvalue weighted by atomic mass is 10.1. The fourth-order valence-corrected chi connectivity index (χ4v) is 3.38. The molecule has 4 atom stereocenters. The Morgan fingerprint density at radius 2 is 2.12 bits per heavy atom. The average molecular weight is 355 g/mol. The Kier molecular flexibility index (Phi) is 5.51. The third-order valence-corrected chi connectivity index (χ3v) is 4.75. The van der Waals surface area contributed by atoms with Gasteiger partial charge in [-0.1, -0.05) is 25.3 Å². The van der Waals surface area contributed by atoms with Crippen LogP contribution in [0.15, 0.2) is 12.7 Å². The summed E-state index contributed by atoms with van der Waals surface area (Å²) in [6.07, 6.45) is 1.07. The van der Waals surface area contributed by atoms with E-state index in [2.05, 4.69) is 26.6 Å². The third-order valence-electron chi connectivity index (χ3n) is 3.92. The number of fused-ring (bicyclic) bond motifs is 1. The smallest absolute Gasteiger partial charge is 0.167 e. The quantitative estimate of drug-likeness (QED) is 0.410. The van der Waals surface area contributed by atoms with Crippen molar-refractivity contribution < 1.29 is 20.1 Å². The highest BCUT2D eigenvalue weighted by Crippen LogP contribution is 2.32. The van der Waals surface area contributed by atoms with Crippen LogP contribution in [-0.2, 0) is 4.74 Å². The Morgan fingerprint density at radius 1 is 1.29 bits per heavy atom. The molecule has 2 aromatic heterocycles. The molecular formula is C14H21N5O4S. The van der Waals surface area contributed by atoms with E-state index in [9.17, 15) is 15.3 Å². The summed E-state index contributed by atoms with van der Waals surface area (Å²) in [4.78, 5) is 12.7. The van der Waals surface area contributed by atoms with Crippen LogP contribution in [0.4, 0.5) is 5.82 Å². The molecule has 2 aromatic rings. The molecule has 1 aliphatic heterocycles. The molecule has 9 nitrogen and oxygen atoms in total. The van der Waals surface area contributed by atoms with Crippen LogP contribution < -0.4 is 4.72 Å². The Hall–Kier alpha value is -1.46. The molecule has 0 spiro atoms. The van der Waals surface area contributed by atoms with Gasteiger partial charge in [-0.3, -0.25) is 4.57 Å². The fraction of sp³-hybridized carbons (Fsp3) is 0.643. The molecule has 0 aliphatic carbocycles. The fourth-order valence-electron chi connectivity index (χ4n) is 2.56. The van der Waals surface area contributed by atoms with Gasteiger partial charge in [0, 0.05) is 5.75 Å². The summed E-state index contributed by atoms with van der Waals surface area (Å²) in [5, 5.41) is 29.3. The van der Waals surface area contributed by atoms with Crippen LogP contribution in [0.3, 0.4) is 0 Å². The van der Waals surface area contributed by atoms with Gasteiger partial charge in [0.25, 0.3) is 0 Å². The van der Waals surface area contributed by atoms with E-state index >= 15 is 0 Å². The minimum atomic E-state index is -1.18. The minimum Gasteiger partial charge on any atom is -0.394 e. The summed E-state index contributed by atoms with van der Waals surface area (Å²) in [6.45, 7) is 1.75. The van der Waals surface area contributed by atoms with E-state index in [1.54, 1.807) is 16.5 Å². The number of imidazole rings is 1. The number of hydrogen-bond donors (Lipinski definition) is 4. The number of anilines is 1. The van der Waals surface area contributed by atoms with Gasteiger partial charge in [-0.15, -0.1) is 0 Å². The molecule has 3 rings (SSSR count). The van der Waals surface area contributed by atoms with E-state index in [1.165, 1.54) is 12.7 Å². The van der Waals surface area contributed by atoms with Gasteiger partial charge in [0.2, 0.25) is 0 Å². The molecule has 0 amide bonds. The molecule has 132 valence electrons. The van der Waals surface area contributed by atoms with Gasteiger partial charge in [-0.05, 0) is 6.42 Å². The topological polar surface area (TPSA) is 126 Å². The maximum Gasteiger partial charge on any atom is 0.167 e. The summed E-state index contributed by atoms with van der Waals surface area (Å²) in [5.74, 6) is 1.55. The van der Waals surface area contributed by atoms with Crippen LogP contribution in [0, 0.1) is 0 Å². The largest absolute Gasteiger partial charge is 0.394 e. The van der Waals surface area contributed by atoms with Gasteiger partial charge in [0.15, 0.2) is 23.2 Å². The Bertz CT molecular complexity index is 684. The van der Waals surface area contributed by atoms with Crippen molar-refractivity contribution in [3.05, 3.63) is 12.7 Å². The molecule has 24 heavy (non-hydrogen) atoms. The number of unbranched alkanes of at least 4 members (excludes halogenated alkanes) is 1. The highest BCUT2D eigenvalue weighted by atomic mass is 32.2. The summed E-state index contributed by atoms with van der Waals surface area (Å²) in [7, 11) is 0. The maximum absolute atomic E-state index is 10.2. The normalized spacial score (nSPS) is 27.0.